The Morgan fingerprint density at radius 3 is 2.86 bits per heavy atom. The zero-order valence-electron chi connectivity index (χ0n) is 12.7. The number of likely N-dealkylation sites (N-methyl/N-ethyl adjacent to an activating group) is 1. The van der Waals surface area contributed by atoms with Crippen LogP contribution in [-0.2, 0) is 6.54 Å². The molecule has 116 valence electrons. The number of nitrogens with one attached hydrogen (secondary N) is 2. The summed E-state index contributed by atoms with van der Waals surface area (Å²) < 4.78 is 13.8. The van der Waals surface area contributed by atoms with Gasteiger partial charge in [0.2, 0.25) is 0 Å². The molecule has 2 aromatic rings. The van der Waals surface area contributed by atoms with Crippen LogP contribution >= 0.6 is 0 Å². The predicted molar refractivity (Wildman–Crippen MR) is 84.4 cm³/mol. The third-order valence-electron chi connectivity index (χ3n) is 3.97. The molecule has 2 atom stereocenters. The molecule has 0 radical (unpaired) electrons. The molecule has 0 aliphatic carbocycles. The number of benzene rings is 1. The summed E-state index contributed by atoms with van der Waals surface area (Å²) in [5, 5.41) is 0. The number of pyridine rings is 1. The molecular formula is C17H21FN4. The minimum absolute atomic E-state index is 0.0259. The normalized spacial score (nSPS) is 21.4. The lowest BCUT2D eigenvalue weighted by Gasteiger charge is -2.20. The van der Waals surface area contributed by atoms with E-state index in [9.17, 15) is 4.39 Å². The van der Waals surface area contributed by atoms with Crippen molar-refractivity contribution in [1.82, 2.24) is 20.7 Å². The summed E-state index contributed by atoms with van der Waals surface area (Å²) in [6, 6.07) is 11.3. The van der Waals surface area contributed by atoms with Crippen LogP contribution in [-0.4, -0.2) is 29.5 Å². The Hall–Kier alpha value is -1.82. The van der Waals surface area contributed by atoms with E-state index in [1.54, 1.807) is 12.3 Å². The third kappa shape index (κ3) is 3.68. The van der Waals surface area contributed by atoms with Crippen molar-refractivity contribution >= 4 is 0 Å². The van der Waals surface area contributed by atoms with Crippen molar-refractivity contribution in [2.24, 2.45) is 0 Å². The number of hydrogen-bond acceptors (Lipinski definition) is 4. The maximum atomic E-state index is 13.8. The van der Waals surface area contributed by atoms with Gasteiger partial charge in [0.05, 0.1) is 6.04 Å². The molecule has 2 heterocycles. The average Bonchev–Trinajstić information content (AvgIpc) is 2.97. The standard InChI is InChI=1S/C17H21FN4/c1-22(11-13-5-4-8-19-10-13)12-14-9-17(21-20-14)15-6-2-3-7-16(15)18/h2-8,10,14,17,20-21H,9,11-12H2,1H3. The number of hydrazine groups is 1. The van der Waals surface area contributed by atoms with Gasteiger partial charge in [0.15, 0.2) is 0 Å². The summed E-state index contributed by atoms with van der Waals surface area (Å²) in [5.41, 5.74) is 8.40. The first kappa shape index (κ1) is 15.1. The highest BCUT2D eigenvalue weighted by atomic mass is 19.1. The predicted octanol–water partition coefficient (Wildman–Crippen LogP) is 2.26. The minimum Gasteiger partial charge on any atom is -0.300 e. The Morgan fingerprint density at radius 2 is 2.09 bits per heavy atom. The molecule has 2 N–H and O–H groups in total. The second kappa shape index (κ2) is 6.96. The van der Waals surface area contributed by atoms with Crippen LogP contribution in [0.15, 0.2) is 48.8 Å². The Balaban J connectivity index is 1.54. The van der Waals surface area contributed by atoms with Gasteiger partial charge in [-0.25, -0.2) is 9.82 Å². The first-order chi connectivity index (χ1) is 10.7. The molecule has 5 heteroatoms. The van der Waals surface area contributed by atoms with Crippen molar-refractivity contribution in [1.29, 1.82) is 0 Å². The van der Waals surface area contributed by atoms with Crippen LogP contribution in [0.2, 0.25) is 0 Å². The second-order valence-electron chi connectivity index (χ2n) is 5.85. The minimum atomic E-state index is -0.147. The van der Waals surface area contributed by atoms with Gasteiger partial charge < -0.3 is 4.90 Å². The van der Waals surface area contributed by atoms with E-state index in [0.717, 1.165) is 25.1 Å². The van der Waals surface area contributed by atoms with Crippen molar-refractivity contribution in [2.75, 3.05) is 13.6 Å². The summed E-state index contributed by atoms with van der Waals surface area (Å²) in [5.74, 6) is -0.147. The number of rotatable bonds is 5. The Kier molecular flexibility index (Phi) is 4.77. The van der Waals surface area contributed by atoms with Gasteiger partial charge in [-0.15, -0.1) is 0 Å². The van der Waals surface area contributed by atoms with Crippen LogP contribution in [0.1, 0.15) is 23.6 Å². The fraction of sp³-hybridized carbons (Fsp3) is 0.353. The number of hydrogen-bond donors (Lipinski definition) is 2. The van der Waals surface area contributed by atoms with Crippen molar-refractivity contribution in [2.45, 2.75) is 25.0 Å². The van der Waals surface area contributed by atoms with Crippen molar-refractivity contribution in [3.8, 4) is 0 Å². The molecular weight excluding hydrogens is 279 g/mol. The first-order valence-electron chi connectivity index (χ1n) is 7.55. The Morgan fingerprint density at radius 1 is 1.23 bits per heavy atom. The molecule has 3 rings (SSSR count). The summed E-state index contributed by atoms with van der Waals surface area (Å²) in [4.78, 5) is 6.38. The largest absolute Gasteiger partial charge is 0.300 e. The topological polar surface area (TPSA) is 40.2 Å². The highest BCUT2D eigenvalue weighted by Crippen LogP contribution is 2.24. The highest BCUT2D eigenvalue weighted by molar-refractivity contribution is 5.22. The molecule has 0 spiro atoms. The summed E-state index contributed by atoms with van der Waals surface area (Å²) in [7, 11) is 2.09. The molecule has 1 saturated heterocycles. The number of nitrogens with zero attached hydrogens (tertiary/aromatic N) is 2. The van der Waals surface area contributed by atoms with E-state index >= 15 is 0 Å². The van der Waals surface area contributed by atoms with E-state index in [0.29, 0.717) is 6.04 Å². The molecule has 0 amide bonds. The maximum absolute atomic E-state index is 13.8. The van der Waals surface area contributed by atoms with E-state index in [1.165, 1.54) is 11.6 Å². The number of halogens is 1. The fourth-order valence-corrected chi connectivity index (χ4v) is 2.95. The van der Waals surface area contributed by atoms with Crippen LogP contribution in [0, 0.1) is 5.82 Å². The zero-order chi connectivity index (χ0) is 15.4. The van der Waals surface area contributed by atoms with Crippen LogP contribution in [0.25, 0.3) is 0 Å². The van der Waals surface area contributed by atoms with Crippen molar-refractivity contribution in [3.63, 3.8) is 0 Å². The van der Waals surface area contributed by atoms with Gasteiger partial charge in [0, 0.05) is 37.1 Å². The summed E-state index contributed by atoms with van der Waals surface area (Å²) >= 11 is 0. The Bertz CT molecular complexity index is 605. The van der Waals surface area contributed by atoms with Crippen molar-refractivity contribution in [3.05, 3.63) is 65.7 Å². The van der Waals surface area contributed by atoms with E-state index < -0.39 is 0 Å². The molecule has 4 nitrogen and oxygen atoms in total. The maximum Gasteiger partial charge on any atom is 0.128 e. The second-order valence-corrected chi connectivity index (χ2v) is 5.85. The lowest BCUT2D eigenvalue weighted by atomic mass is 10.0. The van der Waals surface area contributed by atoms with Gasteiger partial charge in [0.25, 0.3) is 0 Å². The van der Waals surface area contributed by atoms with Gasteiger partial charge in [-0.05, 0) is 31.2 Å². The molecule has 1 aliphatic heterocycles. The van der Waals surface area contributed by atoms with Crippen LogP contribution < -0.4 is 10.9 Å². The molecule has 0 bridgehead atoms. The van der Waals surface area contributed by atoms with Crippen LogP contribution in [0.4, 0.5) is 4.39 Å². The van der Waals surface area contributed by atoms with E-state index in [2.05, 4.69) is 33.8 Å². The molecule has 1 aromatic heterocycles. The lowest BCUT2D eigenvalue weighted by molar-refractivity contribution is 0.289. The lowest BCUT2D eigenvalue weighted by Crippen LogP contribution is -2.38. The summed E-state index contributed by atoms with van der Waals surface area (Å²) in [6.45, 7) is 1.75. The van der Waals surface area contributed by atoms with Crippen molar-refractivity contribution < 1.29 is 4.39 Å². The van der Waals surface area contributed by atoms with Gasteiger partial charge >= 0.3 is 0 Å². The zero-order valence-corrected chi connectivity index (χ0v) is 12.7. The first-order valence-corrected chi connectivity index (χ1v) is 7.55. The quantitative estimate of drug-likeness (QED) is 0.888. The van der Waals surface area contributed by atoms with E-state index in [1.807, 2.05) is 24.4 Å². The van der Waals surface area contributed by atoms with E-state index in [-0.39, 0.29) is 11.9 Å². The molecule has 1 aromatic carbocycles. The van der Waals surface area contributed by atoms with Gasteiger partial charge in [0.1, 0.15) is 5.82 Å². The van der Waals surface area contributed by atoms with Gasteiger partial charge in [-0.3, -0.25) is 10.4 Å². The molecule has 1 aliphatic rings. The molecule has 22 heavy (non-hydrogen) atoms. The van der Waals surface area contributed by atoms with Gasteiger partial charge in [-0.1, -0.05) is 24.3 Å². The SMILES string of the molecule is CN(Cc1cccnc1)CC1CC(c2ccccc2F)NN1. The van der Waals surface area contributed by atoms with E-state index in [4.69, 9.17) is 0 Å². The average molecular weight is 300 g/mol. The smallest absolute Gasteiger partial charge is 0.128 e. The summed E-state index contributed by atoms with van der Waals surface area (Å²) in [6.07, 6.45) is 4.54. The highest BCUT2D eigenvalue weighted by Gasteiger charge is 2.27. The monoisotopic (exact) mass is 300 g/mol. The van der Waals surface area contributed by atoms with Gasteiger partial charge in [-0.2, -0.15) is 0 Å². The fourth-order valence-electron chi connectivity index (χ4n) is 2.95. The third-order valence-corrected chi connectivity index (χ3v) is 3.97. The Labute approximate surface area is 130 Å². The molecule has 2 unspecified atom stereocenters. The van der Waals surface area contributed by atoms with Crippen LogP contribution in [0.3, 0.4) is 0 Å². The number of aromatic nitrogens is 1. The molecule has 1 fully saturated rings. The van der Waals surface area contributed by atoms with Crippen LogP contribution in [0.5, 0.6) is 0 Å². The molecule has 0 saturated carbocycles.